The largest absolute Gasteiger partial charge is 0.326 e. The Morgan fingerprint density at radius 2 is 2.07 bits per heavy atom. The average Bonchev–Trinajstić information content (AvgIpc) is 2.72. The highest BCUT2D eigenvalue weighted by Crippen LogP contribution is 1.94. The van der Waals surface area contributed by atoms with Crippen molar-refractivity contribution in [3.63, 3.8) is 0 Å². The summed E-state index contributed by atoms with van der Waals surface area (Å²) in [5.41, 5.74) is 1.05. The molecule has 0 saturated carbocycles. The van der Waals surface area contributed by atoms with Crippen molar-refractivity contribution in [1.82, 2.24) is 9.55 Å². The van der Waals surface area contributed by atoms with Gasteiger partial charge in [0.25, 0.3) is 0 Å². The maximum absolute atomic E-state index is 3.94. The van der Waals surface area contributed by atoms with Crippen LogP contribution in [0.1, 0.15) is 5.56 Å². The maximum atomic E-state index is 3.94. The zero-order chi connectivity index (χ0) is 9.64. The number of hydrogen-bond donors (Lipinski definition) is 0. The number of nitrogens with zero attached hydrogens (tertiary/aromatic N) is 2. The molecule has 0 aliphatic heterocycles. The molecule has 2 aromatic rings. The van der Waals surface area contributed by atoms with Gasteiger partial charge in [-0.3, -0.25) is 0 Å². The molecule has 1 heterocycles. The van der Waals surface area contributed by atoms with Gasteiger partial charge in [-0.1, -0.05) is 30.0 Å². The van der Waals surface area contributed by atoms with Crippen LogP contribution in [0.25, 0.3) is 0 Å². The van der Waals surface area contributed by atoms with Crippen molar-refractivity contribution in [3.8, 4) is 11.8 Å². The molecule has 0 aliphatic carbocycles. The molecule has 0 aliphatic rings. The second kappa shape index (κ2) is 4.29. The number of imidazole rings is 1. The van der Waals surface area contributed by atoms with Gasteiger partial charge in [0.1, 0.15) is 0 Å². The molecule has 0 atom stereocenters. The first-order chi connectivity index (χ1) is 6.95. The Morgan fingerprint density at radius 3 is 2.79 bits per heavy atom. The van der Waals surface area contributed by atoms with Gasteiger partial charge in [-0.15, -0.1) is 0 Å². The first kappa shape index (κ1) is 8.58. The summed E-state index contributed by atoms with van der Waals surface area (Å²) in [6.07, 6.45) is 5.42. The lowest BCUT2D eigenvalue weighted by Crippen LogP contribution is -1.89. The fourth-order valence-electron chi connectivity index (χ4n) is 1.13. The summed E-state index contributed by atoms with van der Waals surface area (Å²) in [6, 6.07) is 9.96. The van der Waals surface area contributed by atoms with E-state index >= 15 is 0 Å². The van der Waals surface area contributed by atoms with Crippen LogP contribution in [0.3, 0.4) is 0 Å². The lowest BCUT2D eigenvalue weighted by Gasteiger charge is -1.90. The predicted molar refractivity (Wildman–Crippen MR) is 55.5 cm³/mol. The highest BCUT2D eigenvalue weighted by molar-refractivity contribution is 5.33. The normalized spacial score (nSPS) is 9.14. The molecule has 1 aromatic carbocycles. The van der Waals surface area contributed by atoms with Gasteiger partial charge in [0.2, 0.25) is 0 Å². The van der Waals surface area contributed by atoms with Crippen molar-refractivity contribution in [2.45, 2.75) is 6.54 Å². The van der Waals surface area contributed by atoms with Crippen molar-refractivity contribution in [3.05, 3.63) is 54.6 Å². The zero-order valence-electron chi connectivity index (χ0n) is 7.72. The van der Waals surface area contributed by atoms with E-state index in [-0.39, 0.29) is 0 Å². The molecule has 1 aromatic heterocycles. The van der Waals surface area contributed by atoms with Crippen LogP contribution in [0.2, 0.25) is 0 Å². The van der Waals surface area contributed by atoms with Crippen LogP contribution in [0, 0.1) is 11.8 Å². The molecule has 2 heteroatoms. The smallest absolute Gasteiger partial charge is 0.0954 e. The third-order valence-electron chi connectivity index (χ3n) is 1.83. The van der Waals surface area contributed by atoms with E-state index in [1.165, 1.54) is 0 Å². The summed E-state index contributed by atoms with van der Waals surface area (Å²) in [4.78, 5) is 3.94. The van der Waals surface area contributed by atoms with Gasteiger partial charge in [-0.05, 0) is 12.1 Å². The zero-order valence-corrected chi connectivity index (χ0v) is 7.72. The van der Waals surface area contributed by atoms with E-state index in [1.54, 1.807) is 12.5 Å². The van der Waals surface area contributed by atoms with E-state index in [0.717, 1.165) is 5.56 Å². The fraction of sp³-hybridized carbons (Fsp3) is 0.0833. The van der Waals surface area contributed by atoms with Gasteiger partial charge >= 0.3 is 0 Å². The molecule has 2 rings (SSSR count). The number of rotatable bonds is 1. The van der Waals surface area contributed by atoms with Gasteiger partial charge in [0.15, 0.2) is 0 Å². The van der Waals surface area contributed by atoms with Gasteiger partial charge in [-0.25, -0.2) is 4.98 Å². The summed E-state index contributed by atoms with van der Waals surface area (Å²) < 4.78 is 1.94. The first-order valence-electron chi connectivity index (χ1n) is 4.45. The Balaban J connectivity index is 2.02. The molecule has 0 N–H and O–H groups in total. The topological polar surface area (TPSA) is 17.8 Å². The SMILES string of the molecule is C(#Cc1ccccc1)Cn1ccnc1. The molecule has 0 bridgehead atoms. The summed E-state index contributed by atoms with van der Waals surface area (Å²) in [6.45, 7) is 0.689. The lowest BCUT2D eigenvalue weighted by atomic mass is 10.2. The second-order valence-corrected chi connectivity index (χ2v) is 2.90. The van der Waals surface area contributed by atoms with Crippen LogP contribution < -0.4 is 0 Å². The summed E-state index contributed by atoms with van der Waals surface area (Å²) >= 11 is 0. The predicted octanol–water partition coefficient (Wildman–Crippen LogP) is 1.93. The average molecular weight is 182 g/mol. The van der Waals surface area contributed by atoms with E-state index in [0.29, 0.717) is 6.54 Å². The minimum Gasteiger partial charge on any atom is -0.326 e. The second-order valence-electron chi connectivity index (χ2n) is 2.90. The third-order valence-corrected chi connectivity index (χ3v) is 1.83. The van der Waals surface area contributed by atoms with Gasteiger partial charge < -0.3 is 4.57 Å². The first-order valence-corrected chi connectivity index (χ1v) is 4.45. The minimum absolute atomic E-state index is 0.689. The van der Waals surface area contributed by atoms with Crippen molar-refractivity contribution < 1.29 is 0 Å². The van der Waals surface area contributed by atoms with E-state index in [1.807, 2.05) is 41.1 Å². The summed E-state index contributed by atoms with van der Waals surface area (Å²) in [7, 11) is 0. The fourth-order valence-corrected chi connectivity index (χ4v) is 1.13. The molecular weight excluding hydrogens is 172 g/mol. The minimum atomic E-state index is 0.689. The van der Waals surface area contributed by atoms with Crippen molar-refractivity contribution >= 4 is 0 Å². The number of benzene rings is 1. The molecule has 0 spiro atoms. The van der Waals surface area contributed by atoms with Gasteiger partial charge in [0, 0.05) is 18.0 Å². The molecule has 0 amide bonds. The molecule has 0 unspecified atom stereocenters. The highest BCUT2D eigenvalue weighted by atomic mass is 15.0. The monoisotopic (exact) mass is 182 g/mol. The van der Waals surface area contributed by atoms with Gasteiger partial charge in [0.05, 0.1) is 12.9 Å². The van der Waals surface area contributed by atoms with Crippen LogP contribution in [0.5, 0.6) is 0 Å². The molecule has 68 valence electrons. The van der Waals surface area contributed by atoms with Crippen LogP contribution in [-0.4, -0.2) is 9.55 Å². The van der Waals surface area contributed by atoms with Crippen molar-refractivity contribution in [1.29, 1.82) is 0 Å². The molecule has 2 nitrogen and oxygen atoms in total. The Labute approximate surface area is 83.2 Å². The van der Waals surface area contributed by atoms with Crippen molar-refractivity contribution in [2.24, 2.45) is 0 Å². The van der Waals surface area contributed by atoms with E-state index < -0.39 is 0 Å². The highest BCUT2D eigenvalue weighted by Gasteiger charge is 1.83. The Kier molecular flexibility index (Phi) is 2.63. The molecular formula is C12H10N2. The van der Waals surface area contributed by atoms with Gasteiger partial charge in [-0.2, -0.15) is 0 Å². The van der Waals surface area contributed by atoms with Crippen LogP contribution in [0.15, 0.2) is 49.1 Å². The molecule has 14 heavy (non-hydrogen) atoms. The molecule has 0 fully saturated rings. The van der Waals surface area contributed by atoms with Crippen LogP contribution in [0.4, 0.5) is 0 Å². The quantitative estimate of drug-likeness (QED) is 0.616. The summed E-state index contributed by atoms with van der Waals surface area (Å²) in [5.74, 6) is 6.16. The lowest BCUT2D eigenvalue weighted by molar-refractivity contribution is 0.840. The van der Waals surface area contributed by atoms with E-state index in [9.17, 15) is 0 Å². The van der Waals surface area contributed by atoms with Crippen LogP contribution >= 0.6 is 0 Å². The maximum Gasteiger partial charge on any atom is 0.0954 e. The summed E-state index contributed by atoms with van der Waals surface area (Å²) in [5, 5.41) is 0. The molecule has 0 radical (unpaired) electrons. The number of hydrogen-bond acceptors (Lipinski definition) is 1. The number of aromatic nitrogens is 2. The Morgan fingerprint density at radius 1 is 1.21 bits per heavy atom. The van der Waals surface area contributed by atoms with Crippen LogP contribution in [-0.2, 0) is 6.54 Å². The van der Waals surface area contributed by atoms with E-state index in [2.05, 4.69) is 16.8 Å². The Bertz CT molecular complexity index is 432. The third kappa shape index (κ3) is 2.24. The van der Waals surface area contributed by atoms with Crippen molar-refractivity contribution in [2.75, 3.05) is 0 Å². The van der Waals surface area contributed by atoms with E-state index in [4.69, 9.17) is 0 Å². The molecule has 0 saturated heterocycles. The standard InChI is InChI=1S/C12H10N2/c1-2-5-12(6-3-1)7-4-9-14-10-8-13-11-14/h1-3,5-6,8,10-11H,9H2. The Hall–Kier alpha value is -2.01.